The standard InChI is InChI=1S/C8H13ClN2O/c1-2-12-4-3-11-7-8(5-9)6-10-11/h6-7H,2-5H2,1H3. The maximum atomic E-state index is 5.62. The van der Waals surface area contributed by atoms with Crippen LogP contribution in [-0.2, 0) is 17.2 Å². The molecule has 4 heteroatoms. The van der Waals surface area contributed by atoms with E-state index in [4.69, 9.17) is 16.3 Å². The Morgan fingerprint density at radius 2 is 2.50 bits per heavy atom. The van der Waals surface area contributed by atoms with Gasteiger partial charge in [-0.1, -0.05) is 0 Å². The maximum Gasteiger partial charge on any atom is 0.0662 e. The van der Waals surface area contributed by atoms with E-state index < -0.39 is 0 Å². The van der Waals surface area contributed by atoms with E-state index in [1.165, 1.54) is 0 Å². The summed E-state index contributed by atoms with van der Waals surface area (Å²) in [4.78, 5) is 0. The van der Waals surface area contributed by atoms with Gasteiger partial charge in [0.2, 0.25) is 0 Å². The molecule has 0 bridgehead atoms. The third kappa shape index (κ3) is 2.83. The Kier molecular flexibility index (Phi) is 4.11. The zero-order chi connectivity index (χ0) is 8.81. The highest BCUT2D eigenvalue weighted by atomic mass is 35.5. The molecule has 1 aromatic heterocycles. The van der Waals surface area contributed by atoms with Crippen molar-refractivity contribution in [2.75, 3.05) is 13.2 Å². The Labute approximate surface area is 77.3 Å². The lowest BCUT2D eigenvalue weighted by Crippen LogP contribution is -2.05. The van der Waals surface area contributed by atoms with E-state index in [1.807, 2.05) is 17.8 Å². The van der Waals surface area contributed by atoms with Gasteiger partial charge >= 0.3 is 0 Å². The molecule has 1 rings (SSSR count). The van der Waals surface area contributed by atoms with Gasteiger partial charge in [0.05, 0.1) is 25.2 Å². The van der Waals surface area contributed by atoms with Crippen LogP contribution in [0.1, 0.15) is 12.5 Å². The number of rotatable bonds is 5. The van der Waals surface area contributed by atoms with Gasteiger partial charge in [-0.25, -0.2) is 0 Å². The van der Waals surface area contributed by atoms with Crippen LogP contribution < -0.4 is 0 Å². The minimum atomic E-state index is 0.522. The van der Waals surface area contributed by atoms with Gasteiger partial charge < -0.3 is 4.74 Å². The Morgan fingerprint density at radius 1 is 1.67 bits per heavy atom. The number of alkyl halides is 1. The summed E-state index contributed by atoms with van der Waals surface area (Å²) >= 11 is 5.62. The number of ether oxygens (including phenoxy) is 1. The first-order valence-electron chi connectivity index (χ1n) is 4.02. The molecule has 68 valence electrons. The molecule has 0 atom stereocenters. The van der Waals surface area contributed by atoms with Crippen LogP contribution in [0.4, 0.5) is 0 Å². The van der Waals surface area contributed by atoms with Gasteiger partial charge in [-0.2, -0.15) is 5.10 Å². The van der Waals surface area contributed by atoms with E-state index in [9.17, 15) is 0 Å². The lowest BCUT2D eigenvalue weighted by molar-refractivity contribution is 0.136. The van der Waals surface area contributed by atoms with E-state index in [0.29, 0.717) is 12.5 Å². The van der Waals surface area contributed by atoms with E-state index in [0.717, 1.165) is 18.7 Å². The molecule has 0 aromatic carbocycles. The highest BCUT2D eigenvalue weighted by molar-refractivity contribution is 6.17. The molecule has 0 aliphatic rings. The fraction of sp³-hybridized carbons (Fsp3) is 0.625. The number of aromatic nitrogens is 2. The van der Waals surface area contributed by atoms with Crippen molar-refractivity contribution < 1.29 is 4.74 Å². The third-order valence-corrected chi connectivity index (χ3v) is 1.82. The lowest BCUT2D eigenvalue weighted by Gasteiger charge is -2.00. The fourth-order valence-electron chi connectivity index (χ4n) is 0.900. The molecule has 0 unspecified atom stereocenters. The van der Waals surface area contributed by atoms with Crippen LogP contribution >= 0.6 is 11.6 Å². The zero-order valence-corrected chi connectivity index (χ0v) is 7.92. The first kappa shape index (κ1) is 9.55. The Morgan fingerprint density at radius 3 is 3.08 bits per heavy atom. The molecule has 0 aliphatic carbocycles. The maximum absolute atomic E-state index is 5.62. The summed E-state index contributed by atoms with van der Waals surface area (Å²) in [5.41, 5.74) is 1.05. The molecule has 3 nitrogen and oxygen atoms in total. The van der Waals surface area contributed by atoms with Crippen LogP contribution in [-0.4, -0.2) is 23.0 Å². The summed E-state index contributed by atoms with van der Waals surface area (Å²) in [7, 11) is 0. The van der Waals surface area contributed by atoms with Gasteiger partial charge in [0.25, 0.3) is 0 Å². The van der Waals surface area contributed by atoms with Crippen LogP contribution in [0, 0.1) is 0 Å². The normalized spacial score (nSPS) is 10.5. The summed E-state index contributed by atoms with van der Waals surface area (Å²) in [6.45, 7) is 4.24. The molecule has 0 saturated heterocycles. The smallest absolute Gasteiger partial charge is 0.0662 e. The number of hydrogen-bond acceptors (Lipinski definition) is 2. The molecule has 0 amide bonds. The van der Waals surface area contributed by atoms with Crippen molar-refractivity contribution in [3.8, 4) is 0 Å². The van der Waals surface area contributed by atoms with E-state index in [1.54, 1.807) is 6.20 Å². The third-order valence-electron chi connectivity index (χ3n) is 1.51. The van der Waals surface area contributed by atoms with Crippen molar-refractivity contribution >= 4 is 11.6 Å². The molecular weight excluding hydrogens is 176 g/mol. The van der Waals surface area contributed by atoms with Crippen molar-refractivity contribution in [2.24, 2.45) is 0 Å². The monoisotopic (exact) mass is 188 g/mol. The fourth-order valence-corrected chi connectivity index (χ4v) is 1.04. The predicted octanol–water partition coefficient (Wildman–Crippen LogP) is 1.66. The Balaban J connectivity index is 2.31. The number of hydrogen-bond donors (Lipinski definition) is 0. The van der Waals surface area contributed by atoms with Gasteiger partial charge in [0, 0.05) is 18.4 Å². The van der Waals surface area contributed by atoms with Crippen LogP contribution in [0.15, 0.2) is 12.4 Å². The predicted molar refractivity (Wildman–Crippen MR) is 48.3 cm³/mol. The highest BCUT2D eigenvalue weighted by Gasteiger charge is 1.95. The summed E-state index contributed by atoms with van der Waals surface area (Å²) in [6, 6.07) is 0. The van der Waals surface area contributed by atoms with Crippen LogP contribution in [0.2, 0.25) is 0 Å². The molecular formula is C8H13ClN2O. The molecule has 0 N–H and O–H groups in total. The van der Waals surface area contributed by atoms with E-state index in [2.05, 4.69) is 5.10 Å². The van der Waals surface area contributed by atoms with Crippen LogP contribution in [0.3, 0.4) is 0 Å². The van der Waals surface area contributed by atoms with Crippen LogP contribution in [0.25, 0.3) is 0 Å². The quantitative estimate of drug-likeness (QED) is 0.519. The van der Waals surface area contributed by atoms with Crippen LogP contribution in [0.5, 0.6) is 0 Å². The minimum absolute atomic E-state index is 0.522. The average molecular weight is 189 g/mol. The molecule has 0 saturated carbocycles. The van der Waals surface area contributed by atoms with Gasteiger partial charge in [-0.05, 0) is 6.92 Å². The van der Waals surface area contributed by atoms with E-state index >= 15 is 0 Å². The summed E-state index contributed by atoms with van der Waals surface area (Å²) in [6.07, 6.45) is 3.71. The molecule has 1 aromatic rings. The summed E-state index contributed by atoms with van der Waals surface area (Å²) in [5.74, 6) is 0.522. The second-order valence-electron chi connectivity index (χ2n) is 2.44. The Bertz CT molecular complexity index is 225. The zero-order valence-electron chi connectivity index (χ0n) is 7.16. The molecule has 0 spiro atoms. The van der Waals surface area contributed by atoms with Gasteiger partial charge in [0.15, 0.2) is 0 Å². The van der Waals surface area contributed by atoms with Crippen molar-refractivity contribution in [3.63, 3.8) is 0 Å². The van der Waals surface area contributed by atoms with Gasteiger partial charge in [0.1, 0.15) is 0 Å². The molecule has 12 heavy (non-hydrogen) atoms. The van der Waals surface area contributed by atoms with Crippen molar-refractivity contribution in [1.29, 1.82) is 0 Å². The SMILES string of the molecule is CCOCCn1cc(CCl)cn1. The summed E-state index contributed by atoms with van der Waals surface area (Å²) < 4.78 is 7.03. The molecule has 0 radical (unpaired) electrons. The van der Waals surface area contributed by atoms with E-state index in [-0.39, 0.29) is 0 Å². The van der Waals surface area contributed by atoms with Crippen molar-refractivity contribution in [1.82, 2.24) is 9.78 Å². The second kappa shape index (κ2) is 5.17. The number of halogens is 1. The first-order valence-corrected chi connectivity index (χ1v) is 4.55. The highest BCUT2D eigenvalue weighted by Crippen LogP contribution is 2.00. The van der Waals surface area contributed by atoms with Crippen molar-refractivity contribution in [2.45, 2.75) is 19.3 Å². The average Bonchev–Trinajstić information content (AvgIpc) is 2.53. The van der Waals surface area contributed by atoms with Gasteiger partial charge in [-0.15, -0.1) is 11.6 Å². The molecule has 0 aliphatic heterocycles. The molecule has 0 fully saturated rings. The van der Waals surface area contributed by atoms with Gasteiger partial charge in [-0.3, -0.25) is 4.68 Å². The largest absolute Gasteiger partial charge is 0.380 e. The first-order chi connectivity index (χ1) is 5.86. The van der Waals surface area contributed by atoms with Crippen molar-refractivity contribution in [3.05, 3.63) is 18.0 Å². The lowest BCUT2D eigenvalue weighted by atomic mass is 10.4. The number of nitrogens with zero attached hydrogens (tertiary/aromatic N) is 2. The second-order valence-corrected chi connectivity index (χ2v) is 2.71. The summed E-state index contributed by atoms with van der Waals surface area (Å²) in [5, 5.41) is 4.11. The topological polar surface area (TPSA) is 27.1 Å². The molecule has 1 heterocycles. The minimum Gasteiger partial charge on any atom is -0.380 e. The Hall–Kier alpha value is -0.540.